The minimum absolute atomic E-state index is 0.0191. The molecule has 4 N–H and O–H groups in total. The Morgan fingerprint density at radius 2 is 1.16 bits per heavy atom. The summed E-state index contributed by atoms with van der Waals surface area (Å²) in [4.78, 5) is 27.4. The van der Waals surface area contributed by atoms with Crippen LogP contribution in [0.25, 0.3) is 0 Å². The number of benzene rings is 4. The Kier molecular flexibility index (Phi) is 11.1. The zero-order valence-corrected chi connectivity index (χ0v) is 26.9. The highest BCUT2D eigenvalue weighted by Crippen LogP contribution is 2.48. The standard InChI is InChI=1S/C37H35F6N3O5/c38-36(39,40)34(49)31(23-27-17-9-3-10-18-27)46(35(50,37(41,42)43)30(45-34)22-26-15-7-2-8-16-26)32(47)29(21-25-13-5-1-6-14-25)44-33(48)51-24-28-19-11-4-12-20-28/h1-20,29-31,45,49-50H,21-24H2,(H,44,48). The summed E-state index contributed by atoms with van der Waals surface area (Å²) in [6, 6.07) is 22.6. The van der Waals surface area contributed by atoms with Gasteiger partial charge in [-0.25, -0.2) is 4.79 Å². The van der Waals surface area contributed by atoms with E-state index in [2.05, 4.69) is 5.32 Å². The van der Waals surface area contributed by atoms with Gasteiger partial charge in [-0.05, 0) is 35.1 Å². The first kappa shape index (κ1) is 37.3. The van der Waals surface area contributed by atoms with Gasteiger partial charge in [0.05, 0.1) is 12.1 Å². The lowest BCUT2D eigenvalue weighted by Gasteiger charge is -2.59. The normalized spacial score (nSPS) is 22.9. The molecule has 0 aliphatic carbocycles. The van der Waals surface area contributed by atoms with Crippen LogP contribution in [0.3, 0.4) is 0 Å². The number of alkyl carbamates (subject to hydrolysis) is 1. The maximum absolute atomic E-state index is 15.5. The van der Waals surface area contributed by atoms with Crippen LogP contribution in [0.15, 0.2) is 121 Å². The molecule has 1 aliphatic heterocycles. The van der Waals surface area contributed by atoms with Crippen LogP contribution in [0, 0.1) is 0 Å². The minimum atomic E-state index is -5.79. The van der Waals surface area contributed by atoms with Crippen molar-refractivity contribution in [3.8, 4) is 0 Å². The minimum Gasteiger partial charge on any atom is -0.445 e. The summed E-state index contributed by atoms with van der Waals surface area (Å²) >= 11 is 0. The lowest BCUT2D eigenvalue weighted by Crippen LogP contribution is -2.87. The number of alkyl halides is 6. The van der Waals surface area contributed by atoms with E-state index in [-0.39, 0.29) is 22.6 Å². The number of hydrogen-bond acceptors (Lipinski definition) is 6. The molecule has 0 aromatic heterocycles. The first-order chi connectivity index (χ1) is 24.1. The van der Waals surface area contributed by atoms with Gasteiger partial charge in [0.25, 0.3) is 5.72 Å². The summed E-state index contributed by atoms with van der Waals surface area (Å²) in [6.45, 7) is -0.303. The molecule has 270 valence electrons. The number of rotatable bonds is 10. The molecule has 5 unspecified atom stereocenters. The Labute approximate surface area is 289 Å². The number of hydrogen-bond donors (Lipinski definition) is 4. The van der Waals surface area contributed by atoms with Gasteiger partial charge in [-0.2, -0.15) is 26.3 Å². The molecule has 51 heavy (non-hydrogen) atoms. The average molecular weight is 716 g/mol. The molecule has 2 amide bonds. The van der Waals surface area contributed by atoms with E-state index in [1.165, 1.54) is 72.8 Å². The van der Waals surface area contributed by atoms with E-state index in [0.717, 1.165) is 0 Å². The largest absolute Gasteiger partial charge is 0.445 e. The molecule has 5 rings (SSSR count). The highest BCUT2D eigenvalue weighted by Gasteiger charge is 2.75. The second-order valence-electron chi connectivity index (χ2n) is 12.2. The quantitative estimate of drug-likeness (QED) is 0.158. The van der Waals surface area contributed by atoms with Crippen molar-refractivity contribution < 1.29 is 50.9 Å². The van der Waals surface area contributed by atoms with Gasteiger partial charge in [0.2, 0.25) is 11.6 Å². The number of carbonyl (C=O) groups is 2. The highest BCUT2D eigenvalue weighted by atomic mass is 19.4. The molecule has 5 atom stereocenters. The number of nitrogens with one attached hydrogen (secondary N) is 2. The predicted molar refractivity (Wildman–Crippen MR) is 174 cm³/mol. The Balaban J connectivity index is 1.65. The number of aliphatic hydroxyl groups is 2. The molecule has 1 saturated heterocycles. The van der Waals surface area contributed by atoms with Crippen LogP contribution in [-0.4, -0.2) is 69.0 Å². The molecule has 0 saturated carbocycles. The fourth-order valence-corrected chi connectivity index (χ4v) is 6.23. The summed E-state index contributed by atoms with van der Waals surface area (Å²) in [5.74, 6) is -1.74. The van der Waals surface area contributed by atoms with Crippen molar-refractivity contribution in [2.75, 3.05) is 0 Å². The van der Waals surface area contributed by atoms with Crippen LogP contribution in [0.4, 0.5) is 31.1 Å². The van der Waals surface area contributed by atoms with Crippen molar-refractivity contribution in [3.63, 3.8) is 0 Å². The number of carbonyl (C=O) groups excluding carboxylic acids is 2. The predicted octanol–water partition coefficient (Wildman–Crippen LogP) is 5.68. The van der Waals surface area contributed by atoms with Crippen molar-refractivity contribution in [2.45, 2.75) is 67.8 Å². The van der Waals surface area contributed by atoms with Crippen LogP contribution in [0.1, 0.15) is 22.3 Å². The Morgan fingerprint density at radius 1 is 0.706 bits per heavy atom. The maximum atomic E-state index is 15.5. The number of nitrogens with zero attached hydrogens (tertiary/aromatic N) is 1. The van der Waals surface area contributed by atoms with E-state index in [1.807, 2.05) is 0 Å². The molecule has 0 radical (unpaired) electrons. The topological polar surface area (TPSA) is 111 Å². The SMILES string of the molecule is O=C(NC(Cc1ccccc1)C(=O)N1C(Cc2ccccc2)C(O)(C(F)(F)F)NC(Cc2ccccc2)C1(O)C(F)(F)F)OCc1ccccc1. The van der Waals surface area contributed by atoms with Gasteiger partial charge in [0, 0.05) is 6.42 Å². The van der Waals surface area contributed by atoms with E-state index in [0.29, 0.717) is 11.1 Å². The molecule has 1 heterocycles. The van der Waals surface area contributed by atoms with E-state index in [4.69, 9.17) is 4.74 Å². The molecule has 14 heteroatoms. The zero-order valence-electron chi connectivity index (χ0n) is 26.9. The summed E-state index contributed by atoms with van der Waals surface area (Å²) in [5.41, 5.74) is -7.59. The first-order valence-electron chi connectivity index (χ1n) is 15.9. The van der Waals surface area contributed by atoms with Crippen molar-refractivity contribution in [2.24, 2.45) is 0 Å². The fourth-order valence-electron chi connectivity index (χ4n) is 6.23. The van der Waals surface area contributed by atoms with Gasteiger partial charge in [0.15, 0.2) is 0 Å². The van der Waals surface area contributed by atoms with E-state index >= 15 is 26.3 Å². The van der Waals surface area contributed by atoms with Crippen LogP contribution in [-0.2, 0) is 35.4 Å². The van der Waals surface area contributed by atoms with Crippen molar-refractivity contribution in [3.05, 3.63) is 144 Å². The number of halogens is 6. The van der Waals surface area contributed by atoms with Gasteiger partial charge >= 0.3 is 18.4 Å². The van der Waals surface area contributed by atoms with Gasteiger partial charge in [0.1, 0.15) is 12.6 Å². The summed E-state index contributed by atoms with van der Waals surface area (Å²) in [7, 11) is 0. The lowest BCUT2D eigenvalue weighted by molar-refractivity contribution is -0.384. The van der Waals surface area contributed by atoms with Gasteiger partial charge < -0.3 is 20.3 Å². The first-order valence-corrected chi connectivity index (χ1v) is 15.9. The van der Waals surface area contributed by atoms with Gasteiger partial charge in [-0.1, -0.05) is 121 Å². The molecule has 1 fully saturated rings. The average Bonchev–Trinajstić information content (AvgIpc) is 3.10. The summed E-state index contributed by atoms with van der Waals surface area (Å²) < 4.78 is 96.9. The van der Waals surface area contributed by atoms with Crippen LogP contribution in [0.2, 0.25) is 0 Å². The molecule has 8 nitrogen and oxygen atoms in total. The third-order valence-corrected chi connectivity index (χ3v) is 8.77. The number of ether oxygens (including phenoxy) is 1. The van der Waals surface area contributed by atoms with Crippen LogP contribution < -0.4 is 10.6 Å². The monoisotopic (exact) mass is 715 g/mol. The number of piperazine rings is 1. The molecule has 4 aromatic carbocycles. The Bertz CT molecular complexity index is 1750. The van der Waals surface area contributed by atoms with Gasteiger partial charge in [-0.15, -0.1) is 0 Å². The summed E-state index contributed by atoms with van der Waals surface area (Å²) in [5, 5.41) is 27.4. The van der Waals surface area contributed by atoms with Crippen LogP contribution in [0.5, 0.6) is 0 Å². The Hall–Kier alpha value is -4.92. The fraction of sp³-hybridized carbons (Fsp3) is 0.297. The van der Waals surface area contributed by atoms with E-state index in [9.17, 15) is 19.8 Å². The molecule has 0 spiro atoms. The third-order valence-electron chi connectivity index (χ3n) is 8.77. The second-order valence-corrected chi connectivity index (χ2v) is 12.2. The molecule has 1 aliphatic rings. The maximum Gasteiger partial charge on any atom is 0.438 e. The summed E-state index contributed by atoms with van der Waals surface area (Å²) in [6.07, 6.45) is -15.1. The van der Waals surface area contributed by atoms with E-state index < -0.39 is 73.2 Å². The van der Waals surface area contributed by atoms with Crippen molar-refractivity contribution in [1.29, 1.82) is 0 Å². The van der Waals surface area contributed by atoms with Crippen molar-refractivity contribution in [1.82, 2.24) is 15.5 Å². The molecule has 4 aromatic rings. The third kappa shape index (κ3) is 8.19. The molecule has 0 bridgehead atoms. The van der Waals surface area contributed by atoms with Crippen LogP contribution >= 0.6 is 0 Å². The smallest absolute Gasteiger partial charge is 0.438 e. The number of amides is 2. The molecular weight excluding hydrogens is 680 g/mol. The van der Waals surface area contributed by atoms with Crippen molar-refractivity contribution >= 4 is 12.0 Å². The Morgan fingerprint density at radius 3 is 1.63 bits per heavy atom. The lowest BCUT2D eigenvalue weighted by atomic mass is 9.81. The van der Waals surface area contributed by atoms with Gasteiger partial charge in [-0.3, -0.25) is 15.0 Å². The van der Waals surface area contributed by atoms with E-state index in [1.54, 1.807) is 53.8 Å². The molecular formula is C37H35F6N3O5. The second kappa shape index (κ2) is 15.1. The highest BCUT2D eigenvalue weighted by molar-refractivity contribution is 5.87. The zero-order chi connectivity index (χ0) is 36.9.